The van der Waals surface area contributed by atoms with Crippen molar-refractivity contribution in [2.24, 2.45) is 0 Å². The van der Waals surface area contributed by atoms with Crippen LogP contribution in [0.25, 0.3) is 11.0 Å². The minimum Gasteiger partial charge on any atom is -0.446 e. The van der Waals surface area contributed by atoms with Crippen LogP contribution in [0.1, 0.15) is 49.9 Å². The van der Waals surface area contributed by atoms with Crippen LogP contribution in [-0.4, -0.2) is 33.7 Å². The summed E-state index contributed by atoms with van der Waals surface area (Å²) < 4.78 is 7.41. The zero-order chi connectivity index (χ0) is 24.9. The molecule has 0 atom stereocenters. The molecule has 1 aromatic heterocycles. The Morgan fingerprint density at radius 3 is 2.83 bits per heavy atom. The molecule has 1 N–H and O–H groups in total. The van der Waals surface area contributed by atoms with E-state index in [1.807, 2.05) is 47.4 Å². The fraction of sp³-hybridized carbons (Fsp3) is 0.407. The molecule has 0 unspecified atom stereocenters. The van der Waals surface area contributed by atoms with Gasteiger partial charge in [-0.05, 0) is 61.9 Å². The van der Waals surface area contributed by atoms with Gasteiger partial charge in [0.15, 0.2) is 0 Å². The maximum absolute atomic E-state index is 13.9. The Labute approximate surface area is 213 Å². The van der Waals surface area contributed by atoms with E-state index in [0.29, 0.717) is 43.8 Å². The molecule has 0 saturated heterocycles. The van der Waals surface area contributed by atoms with Gasteiger partial charge in [-0.15, -0.1) is 0 Å². The lowest BCUT2D eigenvalue weighted by Crippen LogP contribution is -2.57. The molecule has 0 bridgehead atoms. The van der Waals surface area contributed by atoms with Gasteiger partial charge in [0, 0.05) is 29.7 Å². The molecule has 2 fully saturated rings. The zero-order valence-electron chi connectivity index (χ0n) is 19.7. The molecule has 1 aliphatic heterocycles. The number of nitriles is 1. The molecular formula is C27H26ClN5O3. The summed E-state index contributed by atoms with van der Waals surface area (Å²) in [6.45, 7) is 0.948. The zero-order valence-corrected chi connectivity index (χ0v) is 20.5. The monoisotopic (exact) mass is 503 g/mol. The number of ether oxygens (including phenoxy) is 1. The Kier molecular flexibility index (Phi) is 5.60. The molecule has 2 aliphatic carbocycles. The molecule has 3 aromatic rings. The van der Waals surface area contributed by atoms with Crippen molar-refractivity contribution < 1.29 is 14.3 Å². The second-order valence-corrected chi connectivity index (χ2v) is 10.4. The number of imidazole rings is 1. The van der Waals surface area contributed by atoms with E-state index in [1.165, 1.54) is 0 Å². The molecule has 2 aromatic carbocycles. The summed E-state index contributed by atoms with van der Waals surface area (Å²) >= 11 is 6.22. The van der Waals surface area contributed by atoms with Crippen molar-refractivity contribution in [2.75, 3.05) is 4.90 Å². The van der Waals surface area contributed by atoms with Crippen LogP contribution in [0, 0.1) is 11.3 Å². The van der Waals surface area contributed by atoms with Crippen molar-refractivity contribution in [1.29, 1.82) is 5.26 Å². The van der Waals surface area contributed by atoms with E-state index < -0.39 is 11.5 Å². The predicted octanol–water partition coefficient (Wildman–Crippen LogP) is 4.83. The van der Waals surface area contributed by atoms with Crippen molar-refractivity contribution >= 4 is 40.3 Å². The number of aromatic nitrogens is 2. The minimum absolute atomic E-state index is 0.0333. The summed E-state index contributed by atoms with van der Waals surface area (Å²) in [4.78, 5) is 32.7. The smallest absolute Gasteiger partial charge is 0.407 e. The first kappa shape index (κ1) is 22.9. The highest BCUT2D eigenvalue weighted by atomic mass is 35.5. The molecule has 2 heterocycles. The molecule has 6 rings (SSSR count). The molecule has 36 heavy (non-hydrogen) atoms. The van der Waals surface area contributed by atoms with E-state index in [4.69, 9.17) is 26.6 Å². The van der Waals surface area contributed by atoms with E-state index in [2.05, 4.69) is 16.0 Å². The predicted molar refractivity (Wildman–Crippen MR) is 135 cm³/mol. The van der Waals surface area contributed by atoms with Crippen LogP contribution >= 0.6 is 11.6 Å². The quantitative estimate of drug-likeness (QED) is 0.465. The Morgan fingerprint density at radius 1 is 1.25 bits per heavy atom. The molecule has 3 aliphatic rings. The second-order valence-electron chi connectivity index (χ2n) is 9.92. The fourth-order valence-corrected chi connectivity index (χ4v) is 5.72. The molecule has 9 heteroatoms. The number of aryl methyl sites for hydroxylation is 1. The lowest BCUT2D eigenvalue weighted by molar-refractivity contribution is -0.127. The normalized spacial score (nSPS) is 22.4. The number of nitrogens with one attached hydrogen (secondary N) is 1. The van der Waals surface area contributed by atoms with E-state index in [-0.39, 0.29) is 18.1 Å². The van der Waals surface area contributed by atoms with Gasteiger partial charge >= 0.3 is 6.09 Å². The van der Waals surface area contributed by atoms with Gasteiger partial charge in [-0.3, -0.25) is 4.79 Å². The third-order valence-corrected chi connectivity index (χ3v) is 7.67. The summed E-state index contributed by atoms with van der Waals surface area (Å²) in [5, 5.41) is 12.6. The number of amides is 2. The summed E-state index contributed by atoms with van der Waals surface area (Å²) in [6.07, 6.45) is 3.74. The largest absolute Gasteiger partial charge is 0.446 e. The number of fused-ring (bicyclic) bond motifs is 3. The number of anilines is 1. The van der Waals surface area contributed by atoms with Gasteiger partial charge in [-0.1, -0.05) is 29.8 Å². The highest BCUT2D eigenvalue weighted by Crippen LogP contribution is 2.53. The summed E-state index contributed by atoms with van der Waals surface area (Å²) in [6, 6.07) is 15.6. The number of rotatable bonds is 7. The van der Waals surface area contributed by atoms with Crippen LogP contribution in [0.15, 0.2) is 42.5 Å². The molecule has 184 valence electrons. The standard InChI is InChI=1S/C27H26ClN5O3/c28-17-7-10-23-21(13-17)31-24(32(23)12-4-3-11-29)16-33-22-6-2-1-5-20(22)27(25(33)34)14-18(15-27)30-26(35)36-19-8-9-19/h1-2,5-7,10,13,18-19H,3-4,8-9,12,14-16H2,(H,30,35). The number of nitrogens with zero attached hydrogens (tertiary/aromatic N) is 4. The Balaban J connectivity index is 1.27. The molecule has 8 nitrogen and oxygen atoms in total. The lowest BCUT2D eigenvalue weighted by atomic mass is 9.62. The van der Waals surface area contributed by atoms with E-state index in [9.17, 15) is 9.59 Å². The molecule has 0 radical (unpaired) electrons. The van der Waals surface area contributed by atoms with E-state index in [0.717, 1.165) is 41.0 Å². The number of carbonyl (C=O) groups is 2. The number of hydrogen-bond acceptors (Lipinski definition) is 5. The number of carbonyl (C=O) groups excluding carboxylic acids is 2. The van der Waals surface area contributed by atoms with Crippen LogP contribution in [0.2, 0.25) is 5.02 Å². The molecule has 2 amide bonds. The summed E-state index contributed by atoms with van der Waals surface area (Å²) in [7, 11) is 0. The first-order chi connectivity index (χ1) is 17.5. The van der Waals surface area contributed by atoms with Gasteiger partial charge in [0.2, 0.25) is 5.91 Å². The molecular weight excluding hydrogens is 478 g/mol. The first-order valence-electron chi connectivity index (χ1n) is 12.4. The van der Waals surface area contributed by atoms with Crippen LogP contribution in [0.4, 0.5) is 10.5 Å². The number of halogens is 1. The SMILES string of the molecule is N#CCCCn1c(CN2C(=O)C3(CC(NC(=O)OC4CC4)C3)c3ccccc32)nc2cc(Cl)ccc21. The van der Waals surface area contributed by atoms with Gasteiger partial charge in [-0.25, -0.2) is 9.78 Å². The third kappa shape index (κ3) is 3.88. The summed E-state index contributed by atoms with van der Waals surface area (Å²) in [5.41, 5.74) is 2.94. The fourth-order valence-electron chi connectivity index (χ4n) is 5.55. The average Bonchev–Trinajstić information content (AvgIpc) is 3.54. The third-order valence-electron chi connectivity index (χ3n) is 7.43. The number of hydrogen-bond donors (Lipinski definition) is 1. The van der Waals surface area contributed by atoms with Gasteiger partial charge in [-0.2, -0.15) is 5.26 Å². The number of benzene rings is 2. The molecule has 1 spiro atoms. The average molecular weight is 504 g/mol. The number of para-hydroxylation sites is 1. The number of unbranched alkanes of at least 4 members (excludes halogenated alkanes) is 1. The second kappa shape index (κ2) is 8.82. The maximum Gasteiger partial charge on any atom is 0.407 e. The van der Waals surface area contributed by atoms with Gasteiger partial charge in [0.25, 0.3) is 0 Å². The number of alkyl carbamates (subject to hydrolysis) is 1. The van der Waals surface area contributed by atoms with Crippen LogP contribution in [-0.2, 0) is 28.0 Å². The lowest BCUT2D eigenvalue weighted by Gasteiger charge is -2.44. The first-order valence-corrected chi connectivity index (χ1v) is 12.8. The Morgan fingerprint density at radius 2 is 2.06 bits per heavy atom. The van der Waals surface area contributed by atoms with Crippen molar-refractivity contribution in [1.82, 2.24) is 14.9 Å². The van der Waals surface area contributed by atoms with Crippen molar-refractivity contribution in [2.45, 2.75) is 69.2 Å². The highest BCUT2D eigenvalue weighted by Gasteiger charge is 2.58. The van der Waals surface area contributed by atoms with E-state index >= 15 is 0 Å². The minimum atomic E-state index is -0.644. The molecule has 2 saturated carbocycles. The Hall–Kier alpha value is -3.57. The van der Waals surface area contributed by atoms with Gasteiger partial charge < -0.3 is 19.5 Å². The van der Waals surface area contributed by atoms with Gasteiger partial charge in [0.05, 0.1) is 29.1 Å². The maximum atomic E-state index is 13.9. The Bertz CT molecular complexity index is 1400. The van der Waals surface area contributed by atoms with Crippen molar-refractivity contribution in [3.63, 3.8) is 0 Å². The summed E-state index contributed by atoms with van der Waals surface area (Å²) in [5.74, 6) is 0.790. The van der Waals surface area contributed by atoms with Crippen LogP contribution in [0.3, 0.4) is 0 Å². The van der Waals surface area contributed by atoms with Gasteiger partial charge in [0.1, 0.15) is 11.9 Å². The van der Waals surface area contributed by atoms with Crippen molar-refractivity contribution in [3.8, 4) is 6.07 Å². The van der Waals surface area contributed by atoms with Crippen LogP contribution < -0.4 is 10.2 Å². The van der Waals surface area contributed by atoms with Crippen LogP contribution in [0.5, 0.6) is 0 Å². The topological polar surface area (TPSA) is 100 Å². The highest BCUT2D eigenvalue weighted by molar-refractivity contribution is 6.31. The van der Waals surface area contributed by atoms with E-state index in [1.54, 1.807) is 0 Å². The van der Waals surface area contributed by atoms with Crippen molar-refractivity contribution in [3.05, 3.63) is 58.9 Å².